The Balaban J connectivity index is 1.52. The molecule has 2 N–H and O–H groups in total. The number of nitrogens with zero attached hydrogens (tertiary/aromatic N) is 3. The van der Waals surface area contributed by atoms with Gasteiger partial charge in [0.25, 0.3) is 11.6 Å². The highest BCUT2D eigenvalue weighted by Crippen LogP contribution is 2.33. The summed E-state index contributed by atoms with van der Waals surface area (Å²) in [6.45, 7) is 0. The van der Waals surface area contributed by atoms with E-state index < -0.39 is 10.8 Å². The number of benzene rings is 2. The van der Waals surface area contributed by atoms with Gasteiger partial charge in [-0.2, -0.15) is 0 Å². The SMILES string of the molecule is O=C(Nc1c(-c2ccccc2)nc2ccccn12)c1ccc(NC2CC2)c([N+](=O)[O-])c1. The van der Waals surface area contributed by atoms with Crippen LogP contribution < -0.4 is 10.6 Å². The van der Waals surface area contributed by atoms with Crippen molar-refractivity contribution in [3.8, 4) is 11.3 Å². The highest BCUT2D eigenvalue weighted by Gasteiger charge is 2.26. The maximum atomic E-state index is 13.1. The lowest BCUT2D eigenvalue weighted by Gasteiger charge is -2.10. The minimum Gasteiger partial charge on any atom is -0.377 e. The number of amides is 1. The van der Waals surface area contributed by atoms with Gasteiger partial charge in [0, 0.05) is 29.4 Å². The van der Waals surface area contributed by atoms with E-state index in [2.05, 4.69) is 15.6 Å². The summed E-state index contributed by atoms with van der Waals surface area (Å²) >= 11 is 0. The summed E-state index contributed by atoms with van der Waals surface area (Å²) in [5, 5.41) is 17.6. The van der Waals surface area contributed by atoms with E-state index >= 15 is 0 Å². The molecule has 154 valence electrons. The number of carbonyl (C=O) groups excluding carboxylic acids is 1. The summed E-state index contributed by atoms with van der Waals surface area (Å²) < 4.78 is 1.79. The molecule has 0 aliphatic heterocycles. The van der Waals surface area contributed by atoms with Crippen molar-refractivity contribution in [3.05, 3.63) is 88.6 Å². The van der Waals surface area contributed by atoms with E-state index in [9.17, 15) is 14.9 Å². The van der Waals surface area contributed by atoms with E-state index in [-0.39, 0.29) is 17.3 Å². The van der Waals surface area contributed by atoms with Gasteiger partial charge in [0.05, 0.1) is 4.92 Å². The molecular weight excluding hydrogens is 394 g/mol. The zero-order chi connectivity index (χ0) is 21.4. The number of carbonyl (C=O) groups is 1. The second kappa shape index (κ2) is 7.56. The number of nitro groups is 1. The molecule has 0 bridgehead atoms. The number of hydrogen-bond donors (Lipinski definition) is 2. The van der Waals surface area contributed by atoms with Crippen molar-refractivity contribution in [2.45, 2.75) is 18.9 Å². The van der Waals surface area contributed by atoms with Gasteiger partial charge in [-0.05, 0) is 37.1 Å². The van der Waals surface area contributed by atoms with Gasteiger partial charge in [-0.3, -0.25) is 19.3 Å². The van der Waals surface area contributed by atoms with Crippen LogP contribution in [0.3, 0.4) is 0 Å². The number of rotatable bonds is 6. The second-order valence-electron chi connectivity index (χ2n) is 7.47. The van der Waals surface area contributed by atoms with E-state index in [1.807, 2.05) is 54.7 Å². The molecule has 1 aliphatic carbocycles. The van der Waals surface area contributed by atoms with Crippen molar-refractivity contribution >= 4 is 28.7 Å². The summed E-state index contributed by atoms with van der Waals surface area (Å²) in [6, 6.07) is 19.9. The smallest absolute Gasteiger partial charge is 0.293 e. The van der Waals surface area contributed by atoms with Gasteiger partial charge in [0.1, 0.15) is 22.8 Å². The number of hydrogen-bond acceptors (Lipinski definition) is 5. The lowest BCUT2D eigenvalue weighted by molar-refractivity contribution is -0.384. The molecule has 4 aromatic rings. The molecule has 0 unspecified atom stereocenters. The Kier molecular flexibility index (Phi) is 4.59. The van der Waals surface area contributed by atoms with Gasteiger partial charge >= 0.3 is 0 Å². The molecule has 1 amide bonds. The van der Waals surface area contributed by atoms with Gasteiger partial charge in [-0.25, -0.2) is 4.98 Å². The second-order valence-corrected chi connectivity index (χ2v) is 7.47. The maximum Gasteiger partial charge on any atom is 0.293 e. The van der Waals surface area contributed by atoms with E-state index in [4.69, 9.17) is 0 Å². The topological polar surface area (TPSA) is 102 Å². The first-order valence-corrected chi connectivity index (χ1v) is 9.99. The lowest BCUT2D eigenvalue weighted by Crippen LogP contribution is -2.15. The molecule has 8 heteroatoms. The van der Waals surface area contributed by atoms with Crippen molar-refractivity contribution in [1.82, 2.24) is 9.38 Å². The fourth-order valence-corrected chi connectivity index (χ4v) is 3.49. The molecule has 1 fully saturated rings. The quantitative estimate of drug-likeness (QED) is 0.351. The van der Waals surface area contributed by atoms with Gasteiger partial charge in [0.15, 0.2) is 0 Å². The summed E-state index contributed by atoms with van der Waals surface area (Å²) in [5.74, 6) is 0.0681. The molecule has 2 aromatic heterocycles. The lowest BCUT2D eigenvalue weighted by atomic mass is 10.1. The highest BCUT2D eigenvalue weighted by atomic mass is 16.6. The predicted molar refractivity (Wildman–Crippen MR) is 118 cm³/mol. The number of pyridine rings is 1. The van der Waals surface area contributed by atoms with Crippen LogP contribution in [0.1, 0.15) is 23.2 Å². The van der Waals surface area contributed by atoms with E-state index in [1.165, 1.54) is 6.07 Å². The van der Waals surface area contributed by atoms with Crippen LogP contribution in [-0.2, 0) is 0 Å². The van der Waals surface area contributed by atoms with Crippen LogP contribution in [0.15, 0.2) is 72.9 Å². The molecular formula is C23H19N5O3. The monoisotopic (exact) mass is 413 g/mol. The molecule has 0 atom stereocenters. The number of anilines is 2. The summed E-state index contributed by atoms with van der Waals surface area (Å²) in [7, 11) is 0. The Morgan fingerprint density at radius 2 is 1.84 bits per heavy atom. The van der Waals surface area contributed by atoms with Crippen LogP contribution in [0.25, 0.3) is 16.9 Å². The molecule has 1 saturated carbocycles. The van der Waals surface area contributed by atoms with Crippen LogP contribution in [0.4, 0.5) is 17.2 Å². The maximum absolute atomic E-state index is 13.1. The Morgan fingerprint density at radius 1 is 1.06 bits per heavy atom. The third-order valence-electron chi connectivity index (χ3n) is 5.20. The molecule has 0 spiro atoms. The van der Waals surface area contributed by atoms with Crippen LogP contribution >= 0.6 is 0 Å². The summed E-state index contributed by atoms with van der Waals surface area (Å²) in [4.78, 5) is 28.8. The minimum absolute atomic E-state index is 0.110. The fourth-order valence-electron chi connectivity index (χ4n) is 3.49. The van der Waals surface area contributed by atoms with Crippen molar-refractivity contribution in [1.29, 1.82) is 0 Å². The summed E-state index contributed by atoms with van der Waals surface area (Å²) in [6.07, 6.45) is 3.81. The molecule has 31 heavy (non-hydrogen) atoms. The third kappa shape index (κ3) is 3.71. The number of imidazole rings is 1. The number of fused-ring (bicyclic) bond motifs is 1. The van der Waals surface area contributed by atoms with E-state index in [0.717, 1.165) is 18.4 Å². The van der Waals surface area contributed by atoms with Crippen LogP contribution in [0.5, 0.6) is 0 Å². The molecule has 0 radical (unpaired) electrons. The summed E-state index contributed by atoms with van der Waals surface area (Å²) in [5.41, 5.74) is 2.70. The Bertz CT molecular complexity index is 1300. The standard InChI is InChI=1S/C23H19N5O3/c29-23(16-9-12-18(24-17-10-11-17)19(14-16)28(30)31)26-22-21(15-6-2-1-3-7-15)25-20-8-4-5-13-27(20)22/h1-9,12-14,17,24H,10-11H2,(H,26,29). The van der Waals surface area contributed by atoms with Gasteiger partial charge in [-0.1, -0.05) is 36.4 Å². The van der Waals surface area contributed by atoms with Gasteiger partial charge < -0.3 is 10.6 Å². The molecule has 5 rings (SSSR count). The Labute approximate surface area is 177 Å². The first-order valence-electron chi connectivity index (χ1n) is 9.99. The van der Waals surface area contributed by atoms with Crippen molar-refractivity contribution in [2.24, 2.45) is 0 Å². The normalized spacial score (nSPS) is 13.2. The zero-order valence-corrected chi connectivity index (χ0v) is 16.5. The average molecular weight is 413 g/mol. The van der Waals surface area contributed by atoms with Crippen molar-refractivity contribution in [3.63, 3.8) is 0 Å². The van der Waals surface area contributed by atoms with Gasteiger partial charge in [0.2, 0.25) is 0 Å². The third-order valence-corrected chi connectivity index (χ3v) is 5.20. The molecule has 2 aromatic carbocycles. The predicted octanol–water partition coefficient (Wildman–Crippen LogP) is 4.74. The average Bonchev–Trinajstić information content (AvgIpc) is 3.54. The molecule has 8 nitrogen and oxygen atoms in total. The number of nitrogens with one attached hydrogen (secondary N) is 2. The zero-order valence-electron chi connectivity index (χ0n) is 16.5. The fraction of sp³-hybridized carbons (Fsp3) is 0.130. The van der Waals surface area contributed by atoms with Crippen LogP contribution in [-0.4, -0.2) is 26.3 Å². The molecule has 0 saturated heterocycles. The minimum atomic E-state index is -0.467. The van der Waals surface area contributed by atoms with E-state index in [1.54, 1.807) is 16.5 Å². The Morgan fingerprint density at radius 3 is 2.58 bits per heavy atom. The number of nitro benzene ring substituents is 1. The van der Waals surface area contributed by atoms with Crippen LogP contribution in [0, 0.1) is 10.1 Å². The van der Waals surface area contributed by atoms with Gasteiger partial charge in [-0.15, -0.1) is 0 Å². The van der Waals surface area contributed by atoms with Crippen LogP contribution in [0.2, 0.25) is 0 Å². The molecule has 1 aliphatic rings. The first-order chi connectivity index (χ1) is 15.1. The Hall–Kier alpha value is -4.20. The molecule has 2 heterocycles. The van der Waals surface area contributed by atoms with Crippen molar-refractivity contribution < 1.29 is 9.72 Å². The largest absolute Gasteiger partial charge is 0.377 e. The first kappa shape index (κ1) is 18.8. The van der Waals surface area contributed by atoms with Crippen molar-refractivity contribution in [2.75, 3.05) is 10.6 Å². The van der Waals surface area contributed by atoms with E-state index in [0.29, 0.717) is 22.8 Å². The highest BCUT2D eigenvalue weighted by molar-refractivity contribution is 6.06. The number of aromatic nitrogens is 2.